The highest BCUT2D eigenvalue weighted by Crippen LogP contribution is 2.31. The summed E-state index contributed by atoms with van der Waals surface area (Å²) >= 11 is 1.86. The van der Waals surface area contributed by atoms with Crippen LogP contribution in [0.15, 0.2) is 24.3 Å². The van der Waals surface area contributed by atoms with Crippen LogP contribution in [0, 0.1) is 6.92 Å². The summed E-state index contributed by atoms with van der Waals surface area (Å²) in [5.41, 5.74) is 3.18. The van der Waals surface area contributed by atoms with E-state index in [0.717, 1.165) is 34.6 Å². The van der Waals surface area contributed by atoms with Gasteiger partial charge in [-0.1, -0.05) is 12.1 Å². The number of anilines is 1. The molecule has 1 heterocycles. The minimum atomic E-state index is 0.834. The van der Waals surface area contributed by atoms with Gasteiger partial charge in [0.05, 0.1) is 7.11 Å². The molecule has 0 atom stereocenters. The first-order chi connectivity index (χ1) is 9.17. The Morgan fingerprint density at radius 2 is 2.16 bits per heavy atom. The summed E-state index contributed by atoms with van der Waals surface area (Å²) in [5.74, 6) is 1.95. The molecular formula is C15H20N2OS. The molecule has 0 saturated heterocycles. The average molecular weight is 276 g/mol. The fraction of sp³-hybridized carbons (Fsp3) is 0.400. The Labute approximate surface area is 119 Å². The monoisotopic (exact) mass is 276 g/mol. The highest BCUT2D eigenvalue weighted by atomic mass is 32.2. The molecule has 0 bridgehead atoms. The Kier molecular flexibility index (Phi) is 4.53. The first-order valence-electron chi connectivity index (χ1n) is 6.31. The maximum absolute atomic E-state index is 5.41. The maximum atomic E-state index is 5.41. The summed E-state index contributed by atoms with van der Waals surface area (Å²) in [4.78, 5) is 6.90. The molecule has 0 aliphatic heterocycles. The highest BCUT2D eigenvalue weighted by Gasteiger charge is 2.11. The van der Waals surface area contributed by atoms with Crippen LogP contribution in [0.1, 0.15) is 5.69 Å². The van der Waals surface area contributed by atoms with Gasteiger partial charge in [-0.25, -0.2) is 4.98 Å². The smallest absolute Gasteiger partial charge is 0.145 e. The lowest BCUT2D eigenvalue weighted by Crippen LogP contribution is -2.20. The molecule has 0 radical (unpaired) electrons. The molecule has 0 N–H and O–H groups in total. The standard InChI is InChI=1S/C15H20N2OS/c1-11-10-13(17(2)8-9-19-4)12-6-5-7-14(18-3)15(12)16-11/h5-7,10H,8-9H2,1-4H3. The highest BCUT2D eigenvalue weighted by molar-refractivity contribution is 7.98. The van der Waals surface area contributed by atoms with Crippen molar-refractivity contribution >= 4 is 28.4 Å². The van der Waals surface area contributed by atoms with E-state index in [1.165, 1.54) is 5.69 Å². The number of methoxy groups -OCH3 is 1. The van der Waals surface area contributed by atoms with E-state index in [2.05, 4.69) is 35.3 Å². The van der Waals surface area contributed by atoms with Gasteiger partial charge in [-0.3, -0.25) is 0 Å². The first kappa shape index (κ1) is 14.0. The van der Waals surface area contributed by atoms with E-state index in [1.54, 1.807) is 7.11 Å². The van der Waals surface area contributed by atoms with Gasteiger partial charge in [0.1, 0.15) is 11.3 Å². The number of hydrogen-bond donors (Lipinski definition) is 0. The molecule has 0 fully saturated rings. The number of nitrogens with zero attached hydrogens (tertiary/aromatic N) is 2. The minimum Gasteiger partial charge on any atom is -0.494 e. The zero-order valence-corrected chi connectivity index (χ0v) is 12.8. The number of thioether (sulfide) groups is 1. The molecule has 102 valence electrons. The van der Waals surface area contributed by atoms with Gasteiger partial charge in [-0.05, 0) is 25.3 Å². The van der Waals surface area contributed by atoms with Crippen molar-refractivity contribution in [2.24, 2.45) is 0 Å². The molecule has 1 aromatic heterocycles. The lowest BCUT2D eigenvalue weighted by molar-refractivity contribution is 0.419. The maximum Gasteiger partial charge on any atom is 0.145 e. The molecule has 2 rings (SSSR count). The van der Waals surface area contributed by atoms with Crippen LogP contribution >= 0.6 is 11.8 Å². The lowest BCUT2D eigenvalue weighted by Gasteiger charge is -2.21. The number of pyridine rings is 1. The summed E-state index contributed by atoms with van der Waals surface area (Å²) in [7, 11) is 3.82. The summed E-state index contributed by atoms with van der Waals surface area (Å²) in [6, 6.07) is 8.22. The summed E-state index contributed by atoms with van der Waals surface area (Å²) < 4.78 is 5.41. The van der Waals surface area contributed by atoms with Gasteiger partial charge in [-0.2, -0.15) is 11.8 Å². The van der Waals surface area contributed by atoms with Crippen LogP contribution in [0.3, 0.4) is 0 Å². The number of aromatic nitrogens is 1. The number of rotatable bonds is 5. The van der Waals surface area contributed by atoms with E-state index in [1.807, 2.05) is 30.8 Å². The Hall–Kier alpha value is -1.42. The number of ether oxygens (including phenoxy) is 1. The quantitative estimate of drug-likeness (QED) is 0.836. The van der Waals surface area contributed by atoms with Crippen molar-refractivity contribution in [3.05, 3.63) is 30.0 Å². The molecule has 1 aromatic carbocycles. The summed E-state index contributed by atoms with van der Waals surface area (Å²) in [6.07, 6.45) is 2.13. The molecule has 0 amide bonds. The molecule has 0 aliphatic rings. The Bertz CT molecular complexity index is 571. The topological polar surface area (TPSA) is 25.4 Å². The molecule has 4 heteroatoms. The molecule has 0 spiro atoms. The van der Waals surface area contributed by atoms with Crippen LogP contribution in [0.5, 0.6) is 5.75 Å². The van der Waals surface area contributed by atoms with Crippen LogP contribution in [0.2, 0.25) is 0 Å². The van der Waals surface area contributed by atoms with Crippen molar-refractivity contribution in [3.63, 3.8) is 0 Å². The number of hydrogen-bond acceptors (Lipinski definition) is 4. The fourth-order valence-corrected chi connectivity index (χ4v) is 2.61. The Morgan fingerprint density at radius 3 is 2.84 bits per heavy atom. The Morgan fingerprint density at radius 1 is 1.37 bits per heavy atom. The normalized spacial score (nSPS) is 10.7. The molecule has 0 aliphatic carbocycles. The number of para-hydroxylation sites is 1. The van der Waals surface area contributed by atoms with Crippen LogP contribution < -0.4 is 9.64 Å². The van der Waals surface area contributed by atoms with E-state index in [4.69, 9.17) is 4.74 Å². The van der Waals surface area contributed by atoms with E-state index in [9.17, 15) is 0 Å². The van der Waals surface area contributed by atoms with Gasteiger partial charge in [0.25, 0.3) is 0 Å². The van der Waals surface area contributed by atoms with Gasteiger partial charge >= 0.3 is 0 Å². The predicted octanol–water partition coefficient (Wildman–Crippen LogP) is 3.35. The van der Waals surface area contributed by atoms with Gasteiger partial charge in [0.2, 0.25) is 0 Å². The zero-order valence-electron chi connectivity index (χ0n) is 11.9. The second-order valence-corrected chi connectivity index (χ2v) is 5.54. The molecule has 0 saturated carbocycles. The third kappa shape index (κ3) is 2.95. The number of aryl methyl sites for hydroxylation is 1. The van der Waals surface area contributed by atoms with Crippen molar-refractivity contribution in [1.82, 2.24) is 4.98 Å². The third-order valence-corrected chi connectivity index (χ3v) is 3.76. The van der Waals surface area contributed by atoms with Crippen LogP contribution in [0.25, 0.3) is 10.9 Å². The van der Waals surface area contributed by atoms with Gasteiger partial charge in [0, 0.05) is 36.1 Å². The van der Waals surface area contributed by atoms with Gasteiger partial charge < -0.3 is 9.64 Å². The second-order valence-electron chi connectivity index (χ2n) is 4.55. The Balaban J connectivity index is 2.54. The van der Waals surface area contributed by atoms with Gasteiger partial charge in [-0.15, -0.1) is 0 Å². The SMILES string of the molecule is COc1cccc2c(N(C)CCSC)cc(C)nc12. The lowest BCUT2D eigenvalue weighted by atomic mass is 10.1. The molecular weight excluding hydrogens is 256 g/mol. The predicted molar refractivity (Wildman–Crippen MR) is 84.7 cm³/mol. The van der Waals surface area contributed by atoms with Crippen LogP contribution in [-0.4, -0.2) is 37.7 Å². The van der Waals surface area contributed by atoms with Crippen LogP contribution in [-0.2, 0) is 0 Å². The molecule has 0 unspecified atom stereocenters. The molecule has 3 nitrogen and oxygen atoms in total. The number of fused-ring (bicyclic) bond motifs is 1. The third-order valence-electron chi connectivity index (χ3n) is 3.17. The van der Waals surface area contributed by atoms with Crippen molar-refractivity contribution in [1.29, 1.82) is 0 Å². The van der Waals surface area contributed by atoms with E-state index < -0.39 is 0 Å². The second kappa shape index (κ2) is 6.15. The van der Waals surface area contributed by atoms with E-state index >= 15 is 0 Å². The van der Waals surface area contributed by atoms with E-state index in [0.29, 0.717) is 0 Å². The fourth-order valence-electron chi connectivity index (χ4n) is 2.16. The average Bonchev–Trinajstić information content (AvgIpc) is 2.43. The zero-order chi connectivity index (χ0) is 13.8. The minimum absolute atomic E-state index is 0.834. The largest absolute Gasteiger partial charge is 0.494 e. The summed E-state index contributed by atoms with van der Waals surface area (Å²) in [5, 5.41) is 1.15. The van der Waals surface area contributed by atoms with Crippen molar-refractivity contribution < 1.29 is 4.74 Å². The van der Waals surface area contributed by atoms with Crippen molar-refractivity contribution in [3.8, 4) is 5.75 Å². The summed E-state index contributed by atoms with van der Waals surface area (Å²) in [6.45, 7) is 3.05. The van der Waals surface area contributed by atoms with Gasteiger partial charge in [0.15, 0.2) is 0 Å². The van der Waals surface area contributed by atoms with Crippen molar-refractivity contribution in [2.75, 3.05) is 37.6 Å². The molecule has 19 heavy (non-hydrogen) atoms. The van der Waals surface area contributed by atoms with Crippen LogP contribution in [0.4, 0.5) is 5.69 Å². The molecule has 2 aromatic rings. The van der Waals surface area contributed by atoms with E-state index in [-0.39, 0.29) is 0 Å². The number of benzene rings is 1. The van der Waals surface area contributed by atoms with Crippen molar-refractivity contribution in [2.45, 2.75) is 6.92 Å². The first-order valence-corrected chi connectivity index (χ1v) is 7.71.